The number of nitrogens with zero attached hydrogens (tertiary/aromatic N) is 5. The summed E-state index contributed by atoms with van der Waals surface area (Å²) in [4.78, 5) is 19.5. The lowest BCUT2D eigenvalue weighted by atomic mass is 9.98. The molecule has 3 rings (SSSR count). The van der Waals surface area contributed by atoms with E-state index in [1.165, 1.54) is 38.9 Å². The predicted molar refractivity (Wildman–Crippen MR) is 101 cm³/mol. The average molecular weight is 414 g/mol. The van der Waals surface area contributed by atoms with Crippen molar-refractivity contribution in [3.8, 4) is 10.7 Å². The van der Waals surface area contributed by atoms with Gasteiger partial charge in [0, 0.05) is 34.2 Å². The lowest BCUT2D eigenvalue weighted by molar-refractivity contribution is -0.136. The summed E-state index contributed by atoms with van der Waals surface area (Å²) >= 11 is 1.51. The van der Waals surface area contributed by atoms with Gasteiger partial charge in [0.15, 0.2) is 0 Å². The van der Waals surface area contributed by atoms with Gasteiger partial charge in [0.2, 0.25) is 17.6 Å². The molecule has 0 spiro atoms. The topological polar surface area (TPSA) is 99.9 Å². The number of amides is 1. The van der Waals surface area contributed by atoms with Crippen molar-refractivity contribution in [2.24, 2.45) is 5.92 Å². The molecule has 3 heterocycles. The van der Waals surface area contributed by atoms with Gasteiger partial charge in [-0.15, -0.1) is 11.3 Å². The minimum absolute atomic E-state index is 0.121. The molecule has 0 aromatic carbocycles. The average Bonchev–Trinajstić information content (AvgIpc) is 3.32. The molecular formula is C16H23N5O4S2. The molecule has 2 aromatic rings. The van der Waals surface area contributed by atoms with Crippen LogP contribution in [0.3, 0.4) is 0 Å². The number of rotatable bonds is 6. The third-order valence-corrected chi connectivity index (χ3v) is 7.25. The van der Waals surface area contributed by atoms with Crippen molar-refractivity contribution in [2.75, 3.05) is 34.2 Å². The van der Waals surface area contributed by atoms with Gasteiger partial charge in [-0.1, -0.05) is 11.2 Å². The molecule has 9 nitrogen and oxygen atoms in total. The highest BCUT2D eigenvalue weighted by Gasteiger charge is 2.34. The Balaban J connectivity index is 1.63. The Hall–Kier alpha value is -1.82. The Labute approximate surface area is 162 Å². The molecule has 0 aliphatic carbocycles. The first kappa shape index (κ1) is 19.9. The first-order valence-corrected chi connectivity index (χ1v) is 10.9. The van der Waals surface area contributed by atoms with Gasteiger partial charge >= 0.3 is 0 Å². The van der Waals surface area contributed by atoms with Crippen LogP contribution in [0.2, 0.25) is 0 Å². The number of piperidine rings is 1. The van der Waals surface area contributed by atoms with Crippen LogP contribution in [0.1, 0.15) is 18.7 Å². The number of carbonyl (C=O) groups is 1. The van der Waals surface area contributed by atoms with Gasteiger partial charge in [0.05, 0.1) is 17.3 Å². The molecule has 1 aliphatic rings. The molecule has 0 N–H and O–H groups in total. The van der Waals surface area contributed by atoms with Crippen LogP contribution >= 0.6 is 11.3 Å². The summed E-state index contributed by atoms with van der Waals surface area (Å²) in [6.45, 7) is 0.809. The minimum atomic E-state index is -3.52. The van der Waals surface area contributed by atoms with E-state index in [0.29, 0.717) is 31.1 Å². The fourth-order valence-electron chi connectivity index (χ4n) is 3.00. The zero-order chi connectivity index (χ0) is 19.6. The molecule has 1 saturated heterocycles. The smallest absolute Gasteiger partial charge is 0.281 e. The third kappa shape index (κ3) is 4.37. The first-order valence-electron chi connectivity index (χ1n) is 8.58. The summed E-state index contributed by atoms with van der Waals surface area (Å²) in [5.74, 6) is 0.354. The number of hydrogen-bond acceptors (Lipinski definition) is 7. The predicted octanol–water partition coefficient (Wildman–Crippen LogP) is 1.27. The number of thiophene rings is 1. The molecule has 11 heteroatoms. The molecule has 0 unspecified atom stereocenters. The maximum atomic E-state index is 12.8. The Morgan fingerprint density at radius 1 is 1.41 bits per heavy atom. The summed E-state index contributed by atoms with van der Waals surface area (Å²) in [6.07, 6.45) is 1.31. The Kier molecular flexibility index (Phi) is 5.94. The molecule has 1 aliphatic heterocycles. The summed E-state index contributed by atoms with van der Waals surface area (Å²) in [6, 6.07) is 3.80. The van der Waals surface area contributed by atoms with Crippen molar-refractivity contribution in [1.29, 1.82) is 0 Å². The second kappa shape index (κ2) is 8.05. The van der Waals surface area contributed by atoms with Crippen molar-refractivity contribution in [2.45, 2.75) is 19.4 Å². The molecule has 0 radical (unpaired) electrons. The quantitative estimate of drug-likeness (QED) is 0.707. The lowest BCUT2D eigenvalue weighted by Gasteiger charge is -2.34. The van der Waals surface area contributed by atoms with Crippen LogP contribution in [0.5, 0.6) is 0 Å². The number of hydrogen-bond donors (Lipinski definition) is 0. The maximum absolute atomic E-state index is 12.8. The minimum Gasteiger partial charge on any atom is -0.337 e. The molecule has 1 fully saturated rings. The second-order valence-electron chi connectivity index (χ2n) is 6.67. The monoisotopic (exact) mass is 413 g/mol. The zero-order valence-electron chi connectivity index (χ0n) is 15.5. The van der Waals surface area contributed by atoms with E-state index in [1.807, 2.05) is 17.5 Å². The van der Waals surface area contributed by atoms with Crippen LogP contribution < -0.4 is 0 Å². The summed E-state index contributed by atoms with van der Waals surface area (Å²) < 4.78 is 32.4. The van der Waals surface area contributed by atoms with E-state index in [4.69, 9.17) is 4.52 Å². The van der Waals surface area contributed by atoms with Crippen LogP contribution in [0.15, 0.2) is 22.0 Å². The van der Waals surface area contributed by atoms with Crippen LogP contribution in [0.25, 0.3) is 10.7 Å². The van der Waals surface area contributed by atoms with E-state index in [9.17, 15) is 13.2 Å². The Bertz CT molecular complexity index is 879. The second-order valence-corrected chi connectivity index (χ2v) is 9.76. The first-order chi connectivity index (χ1) is 12.8. The van der Waals surface area contributed by atoms with E-state index in [0.717, 1.165) is 4.88 Å². The van der Waals surface area contributed by atoms with E-state index in [2.05, 4.69) is 10.1 Å². The fraction of sp³-hybridized carbons (Fsp3) is 0.562. The van der Waals surface area contributed by atoms with Crippen LogP contribution in [-0.2, 0) is 21.5 Å². The molecular weight excluding hydrogens is 390 g/mol. The lowest BCUT2D eigenvalue weighted by Crippen LogP contribution is -2.49. The molecule has 1 atom stereocenters. The summed E-state index contributed by atoms with van der Waals surface area (Å²) in [5, 5.41) is 5.87. The van der Waals surface area contributed by atoms with Gasteiger partial charge in [-0.25, -0.2) is 0 Å². The Morgan fingerprint density at radius 2 is 2.19 bits per heavy atom. The maximum Gasteiger partial charge on any atom is 0.281 e. The third-order valence-electron chi connectivity index (χ3n) is 4.48. The van der Waals surface area contributed by atoms with Crippen molar-refractivity contribution in [3.05, 3.63) is 23.4 Å². The normalized spacial score (nSPS) is 18.7. The molecule has 148 valence electrons. The van der Waals surface area contributed by atoms with Gasteiger partial charge in [-0.05, 0) is 24.3 Å². The van der Waals surface area contributed by atoms with Crippen LogP contribution in [0, 0.1) is 5.92 Å². The molecule has 0 bridgehead atoms. The van der Waals surface area contributed by atoms with Crippen LogP contribution in [0.4, 0.5) is 0 Å². The molecule has 0 saturated carbocycles. The van der Waals surface area contributed by atoms with Gasteiger partial charge in [-0.2, -0.15) is 22.0 Å². The van der Waals surface area contributed by atoms with Gasteiger partial charge in [0.25, 0.3) is 10.2 Å². The van der Waals surface area contributed by atoms with E-state index < -0.39 is 10.2 Å². The van der Waals surface area contributed by atoms with Crippen molar-refractivity contribution in [1.82, 2.24) is 23.7 Å². The summed E-state index contributed by atoms with van der Waals surface area (Å²) in [7, 11) is 1.13. The zero-order valence-corrected chi connectivity index (χ0v) is 17.2. The largest absolute Gasteiger partial charge is 0.337 e. The molecule has 27 heavy (non-hydrogen) atoms. The van der Waals surface area contributed by atoms with Crippen molar-refractivity contribution < 1.29 is 17.7 Å². The van der Waals surface area contributed by atoms with Gasteiger partial charge < -0.3 is 9.42 Å². The molecule has 2 aromatic heterocycles. The van der Waals surface area contributed by atoms with Gasteiger partial charge in [0.1, 0.15) is 0 Å². The van der Waals surface area contributed by atoms with E-state index >= 15 is 0 Å². The van der Waals surface area contributed by atoms with Gasteiger partial charge in [-0.3, -0.25) is 4.79 Å². The number of carbonyl (C=O) groups excluding carboxylic acids is 1. The SMILES string of the molecule is CN(Cc1nc(-c2cccs2)no1)C(=O)[C@H]1CCCN(S(=O)(=O)N(C)C)C1. The van der Waals surface area contributed by atoms with E-state index in [-0.39, 0.29) is 24.9 Å². The fourth-order valence-corrected chi connectivity index (χ4v) is 4.84. The number of aromatic nitrogens is 2. The highest BCUT2D eigenvalue weighted by atomic mass is 32.2. The molecule has 1 amide bonds. The van der Waals surface area contributed by atoms with Crippen molar-refractivity contribution in [3.63, 3.8) is 0 Å². The van der Waals surface area contributed by atoms with Crippen LogP contribution in [-0.4, -0.2) is 72.2 Å². The highest BCUT2D eigenvalue weighted by molar-refractivity contribution is 7.86. The highest BCUT2D eigenvalue weighted by Crippen LogP contribution is 2.24. The van der Waals surface area contributed by atoms with Crippen molar-refractivity contribution >= 4 is 27.5 Å². The Morgan fingerprint density at radius 3 is 2.85 bits per heavy atom. The standard InChI is InChI=1S/C16H23N5O4S2/c1-19(2)27(23,24)21-8-4-6-12(10-21)16(22)20(3)11-14-17-15(18-25-14)13-7-5-9-26-13/h5,7,9,12H,4,6,8,10-11H2,1-3H3/t12-/m0/s1. The van der Waals surface area contributed by atoms with E-state index in [1.54, 1.807) is 7.05 Å². The summed E-state index contributed by atoms with van der Waals surface area (Å²) in [5.41, 5.74) is 0.